The fraction of sp³-hybridized carbons (Fsp3) is 0.100. The van der Waals surface area contributed by atoms with Gasteiger partial charge in [-0.05, 0) is 18.2 Å². The zero-order valence-electron chi connectivity index (χ0n) is 8.57. The molecule has 3 heterocycles. The summed E-state index contributed by atoms with van der Waals surface area (Å²) in [6.07, 6.45) is 3.84. The first-order chi connectivity index (χ1) is 7.74. The molecule has 5 nitrogen and oxygen atoms in total. The maximum atomic E-state index is 4.34. The molecular weight excluding hydrogens is 222 g/mol. The van der Waals surface area contributed by atoms with Crippen molar-refractivity contribution < 1.29 is 0 Å². The van der Waals surface area contributed by atoms with E-state index in [0.717, 1.165) is 16.9 Å². The summed E-state index contributed by atoms with van der Waals surface area (Å²) >= 11 is 4.23. The van der Waals surface area contributed by atoms with Gasteiger partial charge in [0.25, 0.3) is 0 Å². The lowest BCUT2D eigenvalue weighted by atomic mass is 10.2. The molecule has 0 saturated carbocycles. The van der Waals surface area contributed by atoms with Crippen LogP contribution in [0.1, 0.15) is 0 Å². The zero-order valence-corrected chi connectivity index (χ0v) is 9.46. The molecule has 0 N–H and O–H groups in total. The van der Waals surface area contributed by atoms with E-state index in [1.807, 2.05) is 42.0 Å². The first-order valence-corrected chi connectivity index (χ1v) is 5.22. The summed E-state index contributed by atoms with van der Waals surface area (Å²) in [5.74, 6) is 0. The Morgan fingerprint density at radius 3 is 2.81 bits per heavy atom. The number of aromatic nitrogens is 5. The van der Waals surface area contributed by atoms with Crippen molar-refractivity contribution in [2.24, 2.45) is 7.05 Å². The van der Waals surface area contributed by atoms with Gasteiger partial charge in [-0.25, -0.2) is 0 Å². The number of pyridine rings is 1. The van der Waals surface area contributed by atoms with Crippen molar-refractivity contribution in [3.63, 3.8) is 0 Å². The van der Waals surface area contributed by atoms with Crippen LogP contribution in [-0.4, -0.2) is 24.4 Å². The summed E-state index contributed by atoms with van der Waals surface area (Å²) in [7, 11) is 1.89. The van der Waals surface area contributed by atoms with Gasteiger partial charge in [0.05, 0.1) is 5.69 Å². The van der Waals surface area contributed by atoms with Crippen molar-refractivity contribution in [1.82, 2.24) is 24.4 Å². The Labute approximate surface area is 97.1 Å². The van der Waals surface area contributed by atoms with Crippen LogP contribution in [0.2, 0.25) is 0 Å². The molecule has 0 amide bonds. The Hall–Kier alpha value is -1.82. The van der Waals surface area contributed by atoms with Crippen molar-refractivity contribution in [2.75, 3.05) is 0 Å². The van der Waals surface area contributed by atoms with E-state index in [9.17, 15) is 0 Å². The molecule has 3 aromatic rings. The quantitative estimate of drug-likeness (QED) is 0.644. The lowest BCUT2D eigenvalue weighted by Gasteiger charge is -1.98. The number of hydrogen-bond donors (Lipinski definition) is 1. The third-order valence-electron chi connectivity index (χ3n) is 2.39. The van der Waals surface area contributed by atoms with Crippen molar-refractivity contribution in [3.8, 4) is 11.3 Å². The monoisotopic (exact) mass is 231 g/mol. The smallest absolute Gasteiger partial charge is 0.192 e. The Kier molecular flexibility index (Phi) is 1.97. The van der Waals surface area contributed by atoms with Gasteiger partial charge in [0.2, 0.25) is 0 Å². The molecule has 0 aliphatic rings. The van der Waals surface area contributed by atoms with Crippen LogP contribution in [0, 0.1) is 0 Å². The van der Waals surface area contributed by atoms with Crippen LogP contribution in [0.5, 0.6) is 0 Å². The molecule has 6 heteroatoms. The molecule has 0 spiro atoms. The standard InChI is InChI=1S/C10H9N5S/c1-14-5-4-8(13-14)7-2-3-9-11-12-10(16)15(9)6-7/h2-6H,1H3,(H,12,16). The highest BCUT2D eigenvalue weighted by Gasteiger charge is 2.05. The Bertz CT molecular complexity index is 654. The largest absolute Gasteiger partial charge is 0.277 e. The van der Waals surface area contributed by atoms with Gasteiger partial charge in [-0.2, -0.15) is 5.10 Å². The fourth-order valence-electron chi connectivity index (χ4n) is 1.60. The maximum Gasteiger partial charge on any atom is 0.192 e. The predicted octanol–water partition coefficient (Wildman–Crippen LogP) is 1.42. The number of nitrogens with zero attached hydrogens (tertiary/aromatic N) is 5. The van der Waals surface area contributed by atoms with Gasteiger partial charge >= 0.3 is 0 Å². The van der Waals surface area contributed by atoms with E-state index >= 15 is 0 Å². The molecule has 0 atom stereocenters. The van der Waals surface area contributed by atoms with Crippen molar-refractivity contribution >= 4 is 18.3 Å². The van der Waals surface area contributed by atoms with Crippen LogP contribution in [-0.2, 0) is 7.05 Å². The number of thiol groups is 1. The predicted molar refractivity (Wildman–Crippen MR) is 62.4 cm³/mol. The summed E-state index contributed by atoms with van der Waals surface area (Å²) in [5, 5.41) is 12.8. The number of aryl methyl sites for hydroxylation is 1. The maximum absolute atomic E-state index is 4.34. The van der Waals surface area contributed by atoms with Crippen LogP contribution in [0.15, 0.2) is 35.7 Å². The molecule has 0 aliphatic carbocycles. The van der Waals surface area contributed by atoms with E-state index in [0.29, 0.717) is 5.16 Å². The van der Waals surface area contributed by atoms with Gasteiger partial charge in [0, 0.05) is 25.0 Å². The second-order valence-electron chi connectivity index (χ2n) is 3.52. The van der Waals surface area contributed by atoms with Crippen LogP contribution < -0.4 is 0 Å². The van der Waals surface area contributed by atoms with Crippen molar-refractivity contribution in [3.05, 3.63) is 30.6 Å². The summed E-state index contributed by atoms with van der Waals surface area (Å²) in [4.78, 5) is 0. The minimum atomic E-state index is 0.577. The van der Waals surface area contributed by atoms with Gasteiger partial charge in [-0.3, -0.25) is 9.08 Å². The third kappa shape index (κ3) is 1.38. The van der Waals surface area contributed by atoms with E-state index < -0.39 is 0 Å². The topological polar surface area (TPSA) is 48.0 Å². The number of rotatable bonds is 1. The van der Waals surface area contributed by atoms with Crippen LogP contribution in [0.25, 0.3) is 16.9 Å². The average molecular weight is 231 g/mol. The lowest BCUT2D eigenvalue weighted by molar-refractivity contribution is 0.770. The summed E-state index contributed by atoms with van der Waals surface area (Å²) in [5.41, 5.74) is 2.72. The molecule has 0 aromatic carbocycles. The van der Waals surface area contributed by atoms with Crippen molar-refractivity contribution in [2.45, 2.75) is 5.16 Å². The van der Waals surface area contributed by atoms with Gasteiger partial charge in [0.1, 0.15) is 0 Å². The highest BCUT2D eigenvalue weighted by molar-refractivity contribution is 7.80. The molecule has 0 bridgehead atoms. The average Bonchev–Trinajstić information content (AvgIpc) is 2.86. The highest BCUT2D eigenvalue weighted by atomic mass is 32.1. The molecule has 0 radical (unpaired) electrons. The summed E-state index contributed by atoms with van der Waals surface area (Å²) in [6.45, 7) is 0. The molecule has 0 unspecified atom stereocenters. The molecule has 80 valence electrons. The first kappa shape index (κ1) is 9.41. The number of hydrogen-bond acceptors (Lipinski definition) is 4. The Morgan fingerprint density at radius 1 is 1.19 bits per heavy atom. The molecular formula is C10H9N5S. The van der Waals surface area contributed by atoms with Crippen LogP contribution in [0.3, 0.4) is 0 Å². The molecule has 3 aromatic heterocycles. The zero-order chi connectivity index (χ0) is 11.1. The van der Waals surface area contributed by atoms with E-state index in [2.05, 4.69) is 27.9 Å². The van der Waals surface area contributed by atoms with Crippen LogP contribution in [0.4, 0.5) is 0 Å². The Morgan fingerprint density at radius 2 is 2.06 bits per heavy atom. The van der Waals surface area contributed by atoms with E-state index in [1.165, 1.54) is 0 Å². The SMILES string of the molecule is Cn1ccc(-c2ccc3nnc(S)n3c2)n1. The van der Waals surface area contributed by atoms with Gasteiger partial charge < -0.3 is 0 Å². The molecule has 0 fully saturated rings. The molecule has 0 saturated heterocycles. The summed E-state index contributed by atoms with van der Waals surface area (Å²) in [6, 6.07) is 5.83. The second-order valence-corrected chi connectivity index (χ2v) is 3.92. The Balaban J connectivity index is 2.21. The molecule has 16 heavy (non-hydrogen) atoms. The van der Waals surface area contributed by atoms with Gasteiger partial charge in [-0.15, -0.1) is 22.8 Å². The normalized spacial score (nSPS) is 11.1. The molecule has 0 aliphatic heterocycles. The van der Waals surface area contributed by atoms with Gasteiger partial charge in [0.15, 0.2) is 10.8 Å². The minimum Gasteiger partial charge on any atom is -0.277 e. The van der Waals surface area contributed by atoms with E-state index in [1.54, 1.807) is 4.68 Å². The minimum absolute atomic E-state index is 0.577. The first-order valence-electron chi connectivity index (χ1n) is 4.78. The van der Waals surface area contributed by atoms with Crippen molar-refractivity contribution in [1.29, 1.82) is 0 Å². The van der Waals surface area contributed by atoms with E-state index in [-0.39, 0.29) is 0 Å². The molecule has 3 rings (SSSR count). The fourth-order valence-corrected chi connectivity index (χ4v) is 1.80. The number of fused-ring (bicyclic) bond motifs is 1. The van der Waals surface area contributed by atoms with Gasteiger partial charge in [-0.1, -0.05) is 0 Å². The highest BCUT2D eigenvalue weighted by Crippen LogP contribution is 2.18. The third-order valence-corrected chi connectivity index (χ3v) is 2.70. The second kappa shape index (κ2) is 3.34. The van der Waals surface area contributed by atoms with Crippen LogP contribution >= 0.6 is 12.6 Å². The lowest BCUT2D eigenvalue weighted by Crippen LogP contribution is -1.90. The van der Waals surface area contributed by atoms with E-state index in [4.69, 9.17) is 0 Å². The summed E-state index contributed by atoms with van der Waals surface area (Å²) < 4.78 is 3.60.